The molecule has 1 aromatic heterocycles. The molecule has 2 aromatic carbocycles. The SMILES string of the molecule is Cc1ccc([C@H]2c3ccsc3CCN2CC(=O)N2CCN(C(=O)COCc3ccccc3)[C@H](C)C2)cc1. The third-order valence-corrected chi connectivity index (χ3v) is 8.43. The molecule has 0 unspecified atom stereocenters. The fraction of sp³-hybridized carbons (Fsp3) is 0.400. The first kappa shape index (κ1) is 25.6. The Hall–Kier alpha value is -3.00. The number of carbonyl (C=O) groups excluding carboxylic acids is 2. The first-order valence-corrected chi connectivity index (χ1v) is 13.9. The molecule has 0 saturated carbocycles. The highest BCUT2D eigenvalue weighted by molar-refractivity contribution is 7.10. The molecule has 0 bridgehead atoms. The van der Waals surface area contributed by atoms with Gasteiger partial charge in [0.25, 0.3) is 0 Å². The zero-order valence-electron chi connectivity index (χ0n) is 21.6. The van der Waals surface area contributed by atoms with Crippen molar-refractivity contribution in [3.05, 3.63) is 93.2 Å². The van der Waals surface area contributed by atoms with Crippen LogP contribution in [0.15, 0.2) is 66.0 Å². The molecule has 7 heteroatoms. The summed E-state index contributed by atoms with van der Waals surface area (Å²) in [6, 6.07) is 20.8. The number of rotatable bonds is 7. The Labute approximate surface area is 223 Å². The molecule has 3 heterocycles. The van der Waals surface area contributed by atoms with Crippen LogP contribution in [-0.4, -0.2) is 71.9 Å². The van der Waals surface area contributed by atoms with Crippen molar-refractivity contribution in [3.8, 4) is 0 Å². The average Bonchev–Trinajstić information content (AvgIpc) is 3.38. The molecule has 2 atom stereocenters. The van der Waals surface area contributed by atoms with Crippen LogP contribution in [0.3, 0.4) is 0 Å². The van der Waals surface area contributed by atoms with Gasteiger partial charge >= 0.3 is 0 Å². The lowest BCUT2D eigenvalue weighted by atomic mass is 9.92. The number of benzene rings is 2. The molecule has 2 aliphatic heterocycles. The summed E-state index contributed by atoms with van der Waals surface area (Å²) in [7, 11) is 0. The minimum atomic E-state index is -0.0387. The largest absolute Gasteiger partial charge is 0.367 e. The number of ether oxygens (including phenoxy) is 1. The number of piperazine rings is 1. The highest BCUT2D eigenvalue weighted by Gasteiger charge is 2.34. The molecule has 3 aromatic rings. The number of hydrogen-bond acceptors (Lipinski definition) is 5. The van der Waals surface area contributed by atoms with E-state index in [1.165, 1.54) is 21.6 Å². The van der Waals surface area contributed by atoms with Crippen LogP contribution in [0, 0.1) is 6.92 Å². The van der Waals surface area contributed by atoms with Crippen LogP contribution in [0.1, 0.15) is 40.1 Å². The summed E-state index contributed by atoms with van der Waals surface area (Å²) in [5.41, 5.74) is 4.85. The quantitative estimate of drug-likeness (QED) is 0.470. The molecule has 2 aliphatic rings. The third-order valence-electron chi connectivity index (χ3n) is 7.43. The van der Waals surface area contributed by atoms with Gasteiger partial charge in [0.05, 0.1) is 19.2 Å². The molecule has 1 fully saturated rings. The van der Waals surface area contributed by atoms with Crippen LogP contribution in [-0.2, 0) is 27.4 Å². The van der Waals surface area contributed by atoms with Crippen molar-refractivity contribution in [3.63, 3.8) is 0 Å². The Morgan fingerprint density at radius 1 is 0.973 bits per heavy atom. The Morgan fingerprint density at radius 2 is 1.76 bits per heavy atom. The van der Waals surface area contributed by atoms with Crippen molar-refractivity contribution in [2.24, 2.45) is 0 Å². The van der Waals surface area contributed by atoms with Gasteiger partial charge in [0.15, 0.2) is 0 Å². The van der Waals surface area contributed by atoms with Crippen LogP contribution in [0.4, 0.5) is 0 Å². The zero-order valence-corrected chi connectivity index (χ0v) is 22.5. The lowest BCUT2D eigenvalue weighted by Gasteiger charge is -2.42. The molecular weight excluding hydrogens is 482 g/mol. The average molecular weight is 518 g/mol. The molecule has 194 valence electrons. The van der Waals surface area contributed by atoms with Crippen LogP contribution >= 0.6 is 11.3 Å². The van der Waals surface area contributed by atoms with E-state index in [-0.39, 0.29) is 30.5 Å². The third kappa shape index (κ3) is 5.95. The number of hydrogen-bond donors (Lipinski definition) is 0. The summed E-state index contributed by atoms with van der Waals surface area (Å²) in [5.74, 6) is 0.117. The summed E-state index contributed by atoms with van der Waals surface area (Å²) >= 11 is 1.81. The van der Waals surface area contributed by atoms with E-state index in [9.17, 15) is 9.59 Å². The predicted molar refractivity (Wildman–Crippen MR) is 146 cm³/mol. The Bertz CT molecular complexity index is 1210. The molecular formula is C30H35N3O3S. The summed E-state index contributed by atoms with van der Waals surface area (Å²) in [6.45, 7) is 7.49. The van der Waals surface area contributed by atoms with E-state index in [1.54, 1.807) is 0 Å². The van der Waals surface area contributed by atoms with Crippen LogP contribution in [0.2, 0.25) is 0 Å². The fourth-order valence-corrected chi connectivity index (χ4v) is 6.32. The van der Waals surface area contributed by atoms with Gasteiger partial charge in [0.1, 0.15) is 6.61 Å². The molecule has 5 rings (SSSR count). The zero-order chi connectivity index (χ0) is 25.8. The molecule has 0 N–H and O–H groups in total. The highest BCUT2D eigenvalue weighted by atomic mass is 32.1. The van der Waals surface area contributed by atoms with Gasteiger partial charge in [-0.05, 0) is 48.4 Å². The van der Waals surface area contributed by atoms with E-state index in [4.69, 9.17) is 4.74 Å². The normalized spacial score (nSPS) is 20.1. The number of amides is 2. The Balaban J connectivity index is 1.18. The van der Waals surface area contributed by atoms with Crippen LogP contribution in [0.5, 0.6) is 0 Å². The maximum Gasteiger partial charge on any atom is 0.248 e. The lowest BCUT2D eigenvalue weighted by molar-refractivity contribution is -0.146. The Morgan fingerprint density at radius 3 is 2.51 bits per heavy atom. The standard InChI is InChI=1S/C30H35N3O3S/c1-22-8-10-25(11-9-22)30-26-13-17-37-27(26)12-14-32(30)19-28(34)31-15-16-33(23(2)18-31)29(35)21-36-20-24-6-4-3-5-7-24/h3-11,13,17,23,30H,12,14-16,18-21H2,1-2H3/t23-,30+/m1/s1. The highest BCUT2D eigenvalue weighted by Crippen LogP contribution is 2.37. The van der Waals surface area contributed by atoms with E-state index < -0.39 is 0 Å². The number of fused-ring (bicyclic) bond motifs is 1. The van der Waals surface area contributed by atoms with Crippen molar-refractivity contribution in [1.29, 1.82) is 0 Å². The number of aryl methyl sites for hydroxylation is 1. The van der Waals surface area contributed by atoms with Gasteiger partial charge in [-0.1, -0.05) is 60.2 Å². The first-order chi connectivity index (χ1) is 18.0. The molecule has 1 saturated heterocycles. The molecule has 0 radical (unpaired) electrons. The van der Waals surface area contributed by atoms with E-state index in [0.717, 1.165) is 18.5 Å². The second-order valence-corrected chi connectivity index (χ2v) is 11.1. The first-order valence-electron chi connectivity index (χ1n) is 13.1. The minimum Gasteiger partial charge on any atom is -0.367 e. The topological polar surface area (TPSA) is 53.1 Å². The lowest BCUT2D eigenvalue weighted by Crippen LogP contribution is -2.57. The van der Waals surface area contributed by atoms with E-state index in [2.05, 4.69) is 47.5 Å². The molecule has 2 amide bonds. The monoisotopic (exact) mass is 517 g/mol. The molecule has 0 spiro atoms. The predicted octanol–water partition coefficient (Wildman–Crippen LogP) is 4.28. The van der Waals surface area contributed by atoms with Gasteiger partial charge < -0.3 is 14.5 Å². The molecule has 0 aliphatic carbocycles. The van der Waals surface area contributed by atoms with Crippen molar-refractivity contribution in [2.75, 3.05) is 39.3 Å². The maximum absolute atomic E-state index is 13.5. The Kier molecular flexibility index (Phi) is 8.03. The molecule has 6 nitrogen and oxygen atoms in total. The summed E-state index contributed by atoms with van der Waals surface area (Å²) in [6.07, 6.45) is 0.976. The summed E-state index contributed by atoms with van der Waals surface area (Å²) < 4.78 is 5.66. The number of thiophene rings is 1. The van der Waals surface area contributed by atoms with Gasteiger partial charge in [0, 0.05) is 37.1 Å². The fourth-order valence-electron chi connectivity index (χ4n) is 5.42. The van der Waals surface area contributed by atoms with Gasteiger partial charge in [0.2, 0.25) is 11.8 Å². The smallest absolute Gasteiger partial charge is 0.248 e. The van der Waals surface area contributed by atoms with Gasteiger partial charge in [-0.3, -0.25) is 14.5 Å². The number of carbonyl (C=O) groups is 2. The van der Waals surface area contributed by atoms with E-state index in [0.29, 0.717) is 32.8 Å². The van der Waals surface area contributed by atoms with Crippen molar-refractivity contribution < 1.29 is 14.3 Å². The molecule has 37 heavy (non-hydrogen) atoms. The van der Waals surface area contributed by atoms with Crippen LogP contribution in [0.25, 0.3) is 0 Å². The van der Waals surface area contributed by atoms with Crippen molar-refractivity contribution >= 4 is 23.2 Å². The van der Waals surface area contributed by atoms with Crippen molar-refractivity contribution in [2.45, 2.75) is 39.0 Å². The van der Waals surface area contributed by atoms with E-state index >= 15 is 0 Å². The van der Waals surface area contributed by atoms with Crippen molar-refractivity contribution in [1.82, 2.24) is 14.7 Å². The van der Waals surface area contributed by atoms with Crippen LogP contribution < -0.4 is 0 Å². The summed E-state index contributed by atoms with van der Waals surface area (Å²) in [5, 5.41) is 2.17. The second-order valence-electron chi connectivity index (χ2n) is 10.1. The maximum atomic E-state index is 13.5. The van der Waals surface area contributed by atoms with Gasteiger partial charge in [-0.2, -0.15) is 0 Å². The van der Waals surface area contributed by atoms with Gasteiger partial charge in [-0.25, -0.2) is 0 Å². The minimum absolute atomic E-state index is 0.0176. The second kappa shape index (κ2) is 11.6. The van der Waals surface area contributed by atoms with Gasteiger partial charge in [-0.15, -0.1) is 11.3 Å². The van der Waals surface area contributed by atoms with E-state index in [1.807, 2.05) is 58.4 Å². The summed E-state index contributed by atoms with van der Waals surface area (Å²) in [4.78, 5) is 33.8. The number of nitrogens with zero attached hydrogens (tertiary/aromatic N) is 3.